The number of ether oxygens (including phenoxy) is 1. The van der Waals surface area contributed by atoms with Crippen molar-refractivity contribution in [2.24, 2.45) is 0 Å². The van der Waals surface area contributed by atoms with Crippen LogP contribution in [0.15, 0.2) is 30.3 Å². The van der Waals surface area contributed by atoms with Gasteiger partial charge in [0.15, 0.2) is 0 Å². The van der Waals surface area contributed by atoms with Gasteiger partial charge in [-0.15, -0.1) is 0 Å². The van der Waals surface area contributed by atoms with Crippen molar-refractivity contribution in [2.75, 3.05) is 6.54 Å². The van der Waals surface area contributed by atoms with Gasteiger partial charge in [-0.05, 0) is 39.2 Å². The van der Waals surface area contributed by atoms with Crippen LogP contribution >= 0.6 is 0 Å². The van der Waals surface area contributed by atoms with Crippen LogP contribution in [0.4, 0.5) is 4.79 Å². The van der Waals surface area contributed by atoms with E-state index in [4.69, 9.17) is 4.74 Å². The summed E-state index contributed by atoms with van der Waals surface area (Å²) in [5.41, 5.74) is -0.317. The highest BCUT2D eigenvalue weighted by atomic mass is 16.6. The average molecular weight is 304 g/mol. The molecule has 5 nitrogen and oxygen atoms in total. The summed E-state index contributed by atoms with van der Waals surface area (Å²) in [5, 5.41) is 10.9. The first-order valence-electron chi connectivity index (χ1n) is 7.81. The number of fused-ring (bicyclic) bond motifs is 2. The van der Waals surface area contributed by atoms with Crippen molar-refractivity contribution in [3.05, 3.63) is 35.9 Å². The predicted octanol–water partition coefficient (Wildman–Crippen LogP) is 2.55. The van der Waals surface area contributed by atoms with E-state index < -0.39 is 11.3 Å². The van der Waals surface area contributed by atoms with Crippen LogP contribution in [0.25, 0.3) is 0 Å². The quantitative estimate of drug-likeness (QED) is 0.912. The van der Waals surface area contributed by atoms with E-state index in [1.165, 1.54) is 0 Å². The third kappa shape index (κ3) is 2.83. The standard InChI is InChI=1S/C17H24N2O3/c1-16(2,3)22-15(20)18-12-17(21)10-9-14(18)19(17)11-13-7-5-4-6-8-13/h4-8,14,21H,9-12H2,1-3H3. The molecule has 0 spiro atoms. The topological polar surface area (TPSA) is 53.0 Å². The van der Waals surface area contributed by atoms with Gasteiger partial charge in [-0.2, -0.15) is 0 Å². The highest BCUT2D eigenvalue weighted by Crippen LogP contribution is 2.42. The fraction of sp³-hybridized carbons (Fsp3) is 0.588. The molecule has 0 radical (unpaired) electrons. The Kier molecular flexibility index (Phi) is 3.65. The van der Waals surface area contributed by atoms with Crippen molar-refractivity contribution < 1.29 is 14.6 Å². The van der Waals surface area contributed by atoms with Crippen LogP contribution in [-0.2, 0) is 11.3 Å². The number of carbonyl (C=O) groups is 1. The number of nitrogens with zero attached hydrogens (tertiary/aromatic N) is 2. The molecule has 0 aromatic heterocycles. The summed E-state index contributed by atoms with van der Waals surface area (Å²) in [6, 6.07) is 10.0. The number of hydrogen-bond donors (Lipinski definition) is 1. The normalized spacial score (nSPS) is 28.2. The Morgan fingerprint density at radius 1 is 1.36 bits per heavy atom. The Hall–Kier alpha value is -1.59. The summed E-state index contributed by atoms with van der Waals surface area (Å²) in [5.74, 6) is 0. The van der Waals surface area contributed by atoms with Crippen molar-refractivity contribution >= 4 is 6.09 Å². The minimum atomic E-state index is -0.933. The highest BCUT2D eigenvalue weighted by molar-refractivity contribution is 5.69. The third-order valence-electron chi connectivity index (χ3n) is 4.30. The van der Waals surface area contributed by atoms with Gasteiger partial charge in [-0.1, -0.05) is 30.3 Å². The van der Waals surface area contributed by atoms with E-state index in [0.29, 0.717) is 19.5 Å². The zero-order valence-electron chi connectivity index (χ0n) is 13.5. The summed E-state index contributed by atoms with van der Waals surface area (Å²) in [4.78, 5) is 16.0. The lowest BCUT2D eigenvalue weighted by Gasteiger charge is -2.30. The first-order valence-corrected chi connectivity index (χ1v) is 7.81. The number of amides is 1. The minimum Gasteiger partial charge on any atom is -0.444 e. The lowest BCUT2D eigenvalue weighted by atomic mass is 10.1. The first kappa shape index (κ1) is 15.3. The van der Waals surface area contributed by atoms with Gasteiger partial charge >= 0.3 is 6.09 Å². The average Bonchev–Trinajstić information content (AvgIpc) is 2.88. The Balaban J connectivity index is 1.75. The van der Waals surface area contributed by atoms with Gasteiger partial charge in [0.25, 0.3) is 0 Å². The molecule has 0 saturated carbocycles. The molecule has 2 bridgehead atoms. The van der Waals surface area contributed by atoms with Crippen molar-refractivity contribution in [2.45, 2.75) is 57.6 Å². The number of benzene rings is 1. The van der Waals surface area contributed by atoms with Crippen LogP contribution in [-0.4, -0.2) is 45.0 Å². The lowest BCUT2D eigenvalue weighted by Crippen LogP contribution is -2.44. The van der Waals surface area contributed by atoms with E-state index in [9.17, 15) is 9.90 Å². The zero-order chi connectivity index (χ0) is 16.0. The number of rotatable bonds is 2. The molecule has 2 unspecified atom stereocenters. The Morgan fingerprint density at radius 3 is 2.68 bits per heavy atom. The van der Waals surface area contributed by atoms with Gasteiger partial charge < -0.3 is 9.84 Å². The van der Waals surface area contributed by atoms with Crippen LogP contribution < -0.4 is 0 Å². The van der Waals surface area contributed by atoms with E-state index in [-0.39, 0.29) is 12.3 Å². The van der Waals surface area contributed by atoms with Gasteiger partial charge in [0.05, 0.1) is 12.7 Å². The minimum absolute atomic E-state index is 0.0833. The molecule has 2 aliphatic rings. The molecule has 5 heteroatoms. The molecule has 2 fully saturated rings. The largest absolute Gasteiger partial charge is 0.444 e. The zero-order valence-corrected chi connectivity index (χ0v) is 13.5. The van der Waals surface area contributed by atoms with E-state index in [0.717, 1.165) is 12.0 Å². The van der Waals surface area contributed by atoms with Gasteiger partial charge in [-0.3, -0.25) is 4.90 Å². The van der Waals surface area contributed by atoms with Gasteiger partial charge in [0.2, 0.25) is 0 Å². The second-order valence-electron chi connectivity index (χ2n) is 7.22. The van der Waals surface area contributed by atoms with E-state index in [1.54, 1.807) is 4.90 Å². The maximum Gasteiger partial charge on any atom is 0.411 e. The van der Waals surface area contributed by atoms with Gasteiger partial charge in [-0.25, -0.2) is 9.69 Å². The number of piperidine rings is 1. The molecule has 3 rings (SSSR count). The molecule has 1 amide bonds. The van der Waals surface area contributed by atoms with E-state index >= 15 is 0 Å². The molecule has 2 aliphatic heterocycles. The molecule has 0 aliphatic carbocycles. The van der Waals surface area contributed by atoms with Crippen LogP contribution in [0.5, 0.6) is 0 Å². The second-order valence-corrected chi connectivity index (χ2v) is 7.22. The van der Waals surface area contributed by atoms with Crippen molar-refractivity contribution in [3.8, 4) is 0 Å². The van der Waals surface area contributed by atoms with Crippen LogP contribution in [0, 0.1) is 0 Å². The molecule has 2 heterocycles. The second kappa shape index (κ2) is 5.25. The Bertz CT molecular complexity index is 555. The number of β-amino-alcohol motifs (C(OH)–C–C–N with tert-alkyl or cyclic N) is 1. The number of hydrogen-bond acceptors (Lipinski definition) is 4. The fourth-order valence-corrected chi connectivity index (χ4v) is 3.35. The number of carbonyl (C=O) groups excluding carboxylic acids is 1. The Morgan fingerprint density at radius 2 is 2.05 bits per heavy atom. The number of aliphatic hydroxyl groups is 1. The first-order chi connectivity index (χ1) is 10.3. The van der Waals surface area contributed by atoms with E-state index in [1.807, 2.05) is 56.0 Å². The van der Waals surface area contributed by atoms with Crippen LogP contribution in [0.1, 0.15) is 39.2 Å². The summed E-state index contributed by atoms with van der Waals surface area (Å²) in [6.45, 7) is 6.53. The van der Waals surface area contributed by atoms with Gasteiger partial charge in [0.1, 0.15) is 11.3 Å². The molecule has 1 aromatic carbocycles. The van der Waals surface area contributed by atoms with Crippen molar-refractivity contribution in [1.29, 1.82) is 0 Å². The Labute approximate surface area is 131 Å². The summed E-state index contributed by atoms with van der Waals surface area (Å²) in [7, 11) is 0. The highest BCUT2D eigenvalue weighted by Gasteiger charge is 2.56. The molecule has 120 valence electrons. The van der Waals surface area contributed by atoms with Gasteiger partial charge in [0, 0.05) is 6.54 Å². The summed E-state index contributed by atoms with van der Waals surface area (Å²) < 4.78 is 5.47. The lowest BCUT2D eigenvalue weighted by molar-refractivity contribution is -0.0612. The molecule has 1 N–H and O–H groups in total. The molecular formula is C17H24N2O3. The monoisotopic (exact) mass is 304 g/mol. The van der Waals surface area contributed by atoms with Crippen molar-refractivity contribution in [3.63, 3.8) is 0 Å². The fourth-order valence-electron chi connectivity index (χ4n) is 3.35. The molecule has 2 saturated heterocycles. The SMILES string of the molecule is CC(C)(C)OC(=O)N1CC2(O)CCC1N2Cc1ccccc1. The smallest absolute Gasteiger partial charge is 0.411 e. The third-order valence-corrected chi connectivity index (χ3v) is 4.30. The maximum atomic E-state index is 12.4. The molecule has 1 aromatic rings. The maximum absolute atomic E-state index is 12.4. The van der Waals surface area contributed by atoms with Crippen LogP contribution in [0.3, 0.4) is 0 Å². The summed E-state index contributed by atoms with van der Waals surface area (Å²) in [6.07, 6.45) is 1.05. The van der Waals surface area contributed by atoms with E-state index in [2.05, 4.69) is 0 Å². The summed E-state index contributed by atoms with van der Waals surface area (Å²) >= 11 is 0. The predicted molar refractivity (Wildman–Crippen MR) is 82.9 cm³/mol. The van der Waals surface area contributed by atoms with Crippen molar-refractivity contribution in [1.82, 2.24) is 9.80 Å². The molecular weight excluding hydrogens is 280 g/mol. The molecule has 22 heavy (non-hydrogen) atoms. The van der Waals surface area contributed by atoms with Crippen LogP contribution in [0.2, 0.25) is 0 Å². The number of likely N-dealkylation sites (tertiary alicyclic amines) is 1. The molecule has 2 atom stereocenters.